The molecule has 0 aromatic heterocycles. The molecule has 0 aliphatic carbocycles. The molecule has 0 amide bonds. The van der Waals surface area contributed by atoms with Gasteiger partial charge in [-0.25, -0.2) is 0 Å². The van der Waals surface area contributed by atoms with Crippen molar-refractivity contribution in [2.75, 3.05) is 26.2 Å². The van der Waals surface area contributed by atoms with Crippen molar-refractivity contribution in [3.63, 3.8) is 0 Å². The Balaban J connectivity index is 2.41. The second-order valence-electron chi connectivity index (χ2n) is 4.52. The first-order valence-corrected chi connectivity index (χ1v) is 5.77. The molecule has 1 fully saturated rings. The lowest BCUT2D eigenvalue weighted by molar-refractivity contribution is -0.00923. The first kappa shape index (κ1) is 12.0. The zero-order valence-corrected chi connectivity index (χ0v) is 9.71. The smallest absolute Gasteiger partial charge is 0.0768 e. The molecular formula is C11H24N2O. The third-order valence-corrected chi connectivity index (χ3v) is 3.29. The van der Waals surface area contributed by atoms with Crippen LogP contribution in [0.25, 0.3) is 0 Å². The van der Waals surface area contributed by atoms with E-state index in [-0.39, 0.29) is 0 Å². The Bertz CT molecular complexity index is 169. The summed E-state index contributed by atoms with van der Waals surface area (Å²) in [6, 6.07) is 0.557. The summed E-state index contributed by atoms with van der Waals surface area (Å²) in [6.45, 7) is 10.3. The summed E-state index contributed by atoms with van der Waals surface area (Å²) in [6.07, 6.45) is 1.70. The third kappa shape index (κ3) is 3.23. The van der Waals surface area contributed by atoms with Gasteiger partial charge < -0.3 is 10.4 Å². The monoisotopic (exact) mass is 200 g/mol. The lowest BCUT2D eigenvalue weighted by Gasteiger charge is -2.37. The fourth-order valence-electron chi connectivity index (χ4n) is 2.05. The van der Waals surface area contributed by atoms with Gasteiger partial charge in [0.15, 0.2) is 0 Å². The average Bonchev–Trinajstić information content (AvgIpc) is 2.18. The minimum Gasteiger partial charge on any atom is -0.389 e. The van der Waals surface area contributed by atoms with Crippen LogP contribution >= 0.6 is 0 Å². The summed E-state index contributed by atoms with van der Waals surface area (Å²) in [5, 5.41) is 13.6. The quantitative estimate of drug-likeness (QED) is 0.705. The van der Waals surface area contributed by atoms with Gasteiger partial charge >= 0.3 is 0 Å². The molecule has 0 aromatic carbocycles. The van der Waals surface area contributed by atoms with Gasteiger partial charge in [0.1, 0.15) is 0 Å². The fourth-order valence-corrected chi connectivity index (χ4v) is 2.05. The van der Waals surface area contributed by atoms with Gasteiger partial charge in [-0.2, -0.15) is 0 Å². The van der Waals surface area contributed by atoms with Crippen LogP contribution in [0.2, 0.25) is 0 Å². The second kappa shape index (κ2) is 5.10. The minimum atomic E-state index is -0.475. The Kier molecular flexibility index (Phi) is 4.35. The van der Waals surface area contributed by atoms with Crippen molar-refractivity contribution < 1.29 is 5.11 Å². The van der Waals surface area contributed by atoms with Gasteiger partial charge in [0.25, 0.3) is 0 Å². The molecule has 0 unspecified atom stereocenters. The van der Waals surface area contributed by atoms with E-state index in [1.54, 1.807) is 0 Å². The zero-order chi connectivity index (χ0) is 10.6. The SMILES string of the molecule is CCC(O)(CC)CN1CCN[C@H](C)C1. The molecule has 1 aliphatic rings. The van der Waals surface area contributed by atoms with E-state index in [0.717, 1.165) is 39.0 Å². The lowest BCUT2D eigenvalue weighted by Crippen LogP contribution is -2.53. The highest BCUT2D eigenvalue weighted by Gasteiger charge is 2.27. The van der Waals surface area contributed by atoms with Gasteiger partial charge in [0, 0.05) is 32.2 Å². The number of hydrogen-bond acceptors (Lipinski definition) is 3. The Morgan fingerprint density at radius 3 is 2.57 bits per heavy atom. The number of rotatable bonds is 4. The molecule has 0 aromatic rings. The Morgan fingerprint density at radius 2 is 2.07 bits per heavy atom. The van der Waals surface area contributed by atoms with E-state index in [9.17, 15) is 5.11 Å². The van der Waals surface area contributed by atoms with Crippen molar-refractivity contribution in [2.24, 2.45) is 0 Å². The minimum absolute atomic E-state index is 0.475. The molecule has 1 heterocycles. The Morgan fingerprint density at radius 1 is 1.43 bits per heavy atom. The van der Waals surface area contributed by atoms with Gasteiger partial charge in [-0.15, -0.1) is 0 Å². The van der Waals surface area contributed by atoms with Gasteiger partial charge in [0.2, 0.25) is 0 Å². The van der Waals surface area contributed by atoms with Crippen LogP contribution in [-0.4, -0.2) is 47.8 Å². The van der Waals surface area contributed by atoms with E-state index in [2.05, 4.69) is 31.0 Å². The predicted octanol–water partition coefficient (Wildman–Crippen LogP) is 0.831. The van der Waals surface area contributed by atoms with Crippen LogP contribution in [0.4, 0.5) is 0 Å². The molecular weight excluding hydrogens is 176 g/mol. The van der Waals surface area contributed by atoms with Crippen LogP contribution in [0.1, 0.15) is 33.6 Å². The van der Waals surface area contributed by atoms with Crippen LogP contribution in [0.15, 0.2) is 0 Å². The Labute approximate surface area is 87.5 Å². The summed E-state index contributed by atoms with van der Waals surface area (Å²) in [5.74, 6) is 0. The molecule has 2 N–H and O–H groups in total. The fraction of sp³-hybridized carbons (Fsp3) is 1.00. The maximum atomic E-state index is 10.2. The highest BCUT2D eigenvalue weighted by Crippen LogP contribution is 2.17. The molecule has 3 heteroatoms. The molecule has 0 bridgehead atoms. The normalized spacial score (nSPS) is 25.3. The highest BCUT2D eigenvalue weighted by atomic mass is 16.3. The molecule has 0 saturated carbocycles. The van der Waals surface area contributed by atoms with Crippen LogP contribution in [0.3, 0.4) is 0 Å². The van der Waals surface area contributed by atoms with Crippen LogP contribution < -0.4 is 5.32 Å². The first-order valence-electron chi connectivity index (χ1n) is 5.77. The van der Waals surface area contributed by atoms with Crippen LogP contribution in [0, 0.1) is 0 Å². The van der Waals surface area contributed by atoms with Crippen molar-refractivity contribution in [2.45, 2.75) is 45.3 Å². The topological polar surface area (TPSA) is 35.5 Å². The number of aliphatic hydroxyl groups is 1. The average molecular weight is 200 g/mol. The molecule has 14 heavy (non-hydrogen) atoms. The van der Waals surface area contributed by atoms with Crippen molar-refractivity contribution in [1.82, 2.24) is 10.2 Å². The zero-order valence-electron chi connectivity index (χ0n) is 9.71. The molecule has 84 valence electrons. The first-order chi connectivity index (χ1) is 6.59. The number of piperazine rings is 1. The van der Waals surface area contributed by atoms with E-state index in [1.807, 2.05) is 0 Å². The summed E-state index contributed by atoms with van der Waals surface area (Å²) < 4.78 is 0. The summed E-state index contributed by atoms with van der Waals surface area (Å²) in [4.78, 5) is 2.37. The van der Waals surface area contributed by atoms with E-state index in [1.165, 1.54) is 0 Å². The molecule has 1 aliphatic heterocycles. The Hall–Kier alpha value is -0.120. The van der Waals surface area contributed by atoms with Crippen molar-refractivity contribution >= 4 is 0 Å². The second-order valence-corrected chi connectivity index (χ2v) is 4.52. The summed E-state index contributed by atoms with van der Waals surface area (Å²) >= 11 is 0. The standard InChI is InChI=1S/C11H24N2O/c1-4-11(14,5-2)9-13-7-6-12-10(3)8-13/h10,12,14H,4-9H2,1-3H3/t10-/m1/s1. The maximum absolute atomic E-state index is 10.2. The van der Waals surface area contributed by atoms with Crippen molar-refractivity contribution in [3.05, 3.63) is 0 Å². The molecule has 1 rings (SSSR count). The number of nitrogens with zero attached hydrogens (tertiary/aromatic N) is 1. The van der Waals surface area contributed by atoms with Crippen LogP contribution in [0.5, 0.6) is 0 Å². The number of β-amino-alcohol motifs (C(OH)–C–C–N with tert-alkyl or cyclic N) is 1. The van der Waals surface area contributed by atoms with Crippen LogP contribution in [-0.2, 0) is 0 Å². The number of nitrogens with one attached hydrogen (secondary N) is 1. The van der Waals surface area contributed by atoms with E-state index in [0.29, 0.717) is 6.04 Å². The molecule has 3 nitrogen and oxygen atoms in total. The van der Waals surface area contributed by atoms with Gasteiger partial charge in [0.05, 0.1) is 5.60 Å². The van der Waals surface area contributed by atoms with Gasteiger partial charge in [-0.05, 0) is 19.8 Å². The van der Waals surface area contributed by atoms with Crippen molar-refractivity contribution in [1.29, 1.82) is 0 Å². The van der Waals surface area contributed by atoms with Gasteiger partial charge in [-0.1, -0.05) is 13.8 Å². The molecule has 0 radical (unpaired) electrons. The largest absolute Gasteiger partial charge is 0.389 e. The van der Waals surface area contributed by atoms with E-state index < -0.39 is 5.60 Å². The molecule has 1 atom stereocenters. The summed E-state index contributed by atoms with van der Waals surface area (Å²) in [5.41, 5.74) is -0.475. The number of hydrogen-bond donors (Lipinski definition) is 2. The van der Waals surface area contributed by atoms with E-state index >= 15 is 0 Å². The van der Waals surface area contributed by atoms with Gasteiger partial charge in [-0.3, -0.25) is 4.90 Å². The summed E-state index contributed by atoms with van der Waals surface area (Å²) in [7, 11) is 0. The highest BCUT2D eigenvalue weighted by molar-refractivity contribution is 4.83. The maximum Gasteiger partial charge on any atom is 0.0768 e. The lowest BCUT2D eigenvalue weighted by atomic mass is 9.96. The molecule has 0 spiro atoms. The van der Waals surface area contributed by atoms with E-state index in [4.69, 9.17) is 0 Å². The van der Waals surface area contributed by atoms with Crippen molar-refractivity contribution in [3.8, 4) is 0 Å². The third-order valence-electron chi connectivity index (χ3n) is 3.29. The predicted molar refractivity (Wildman–Crippen MR) is 59.4 cm³/mol. The molecule has 1 saturated heterocycles.